The van der Waals surface area contributed by atoms with Gasteiger partial charge in [-0.3, -0.25) is 0 Å². The van der Waals surface area contributed by atoms with Gasteiger partial charge in [-0.2, -0.15) is 4.90 Å². The summed E-state index contributed by atoms with van der Waals surface area (Å²) in [4.78, 5) is 2.10. The molecule has 118 valence electrons. The fraction of sp³-hybridized carbons (Fsp3) is 0.278. The number of amidine groups is 1. The first-order valence-electron chi connectivity index (χ1n) is 7.77. The predicted molar refractivity (Wildman–Crippen MR) is 99.0 cm³/mol. The fourth-order valence-corrected chi connectivity index (χ4v) is 4.74. The lowest BCUT2D eigenvalue weighted by Crippen LogP contribution is -2.46. The van der Waals surface area contributed by atoms with Gasteiger partial charge in [0.25, 0.3) is 5.72 Å². The highest BCUT2D eigenvalue weighted by molar-refractivity contribution is 9.10. The van der Waals surface area contributed by atoms with Crippen LogP contribution in [0, 0.1) is 0 Å². The summed E-state index contributed by atoms with van der Waals surface area (Å²) in [6, 6.07) is 18.2. The molecule has 1 atom stereocenters. The van der Waals surface area contributed by atoms with Crippen molar-refractivity contribution in [1.82, 2.24) is 0 Å². The van der Waals surface area contributed by atoms with Crippen molar-refractivity contribution in [3.05, 3.63) is 64.6 Å². The van der Waals surface area contributed by atoms with E-state index in [0.29, 0.717) is 6.54 Å². The second-order valence-electron chi connectivity index (χ2n) is 5.90. The van der Waals surface area contributed by atoms with Crippen LogP contribution < -0.4 is 4.90 Å². The van der Waals surface area contributed by atoms with E-state index in [1.807, 2.05) is 54.2 Å². The third-order valence-corrected chi connectivity index (χ3v) is 6.09. The minimum Gasteiger partial charge on any atom is -0.346 e. The summed E-state index contributed by atoms with van der Waals surface area (Å²) in [5, 5.41) is 12.8. The van der Waals surface area contributed by atoms with Gasteiger partial charge in [0.2, 0.25) is 0 Å². The summed E-state index contributed by atoms with van der Waals surface area (Å²) in [7, 11) is 0. The number of benzene rings is 2. The molecular formula is C18H18BrN2OS+. The number of halogens is 1. The molecule has 5 heteroatoms. The summed E-state index contributed by atoms with van der Waals surface area (Å²) in [6.45, 7) is 1.61. The molecule has 2 aromatic rings. The van der Waals surface area contributed by atoms with Crippen LogP contribution in [-0.4, -0.2) is 33.7 Å². The number of thioether (sulfide) groups is 1. The number of anilines is 1. The Bertz CT molecular complexity index is 747. The fourth-order valence-electron chi connectivity index (χ4n) is 3.29. The molecule has 2 aromatic carbocycles. The van der Waals surface area contributed by atoms with Crippen LogP contribution in [0.25, 0.3) is 0 Å². The molecule has 0 amide bonds. The SMILES string of the molecule is O[C@]1(c2ccc(Br)cc2)C[N+]2=C(SCCC2)N1c1ccccc1. The summed E-state index contributed by atoms with van der Waals surface area (Å²) in [5.41, 5.74) is 0.922. The van der Waals surface area contributed by atoms with E-state index in [1.54, 1.807) is 0 Å². The topological polar surface area (TPSA) is 26.5 Å². The van der Waals surface area contributed by atoms with Gasteiger partial charge in [-0.15, -0.1) is 0 Å². The van der Waals surface area contributed by atoms with Crippen molar-refractivity contribution >= 4 is 38.5 Å². The van der Waals surface area contributed by atoms with Gasteiger partial charge in [0, 0.05) is 15.8 Å². The second kappa shape index (κ2) is 5.96. The third kappa shape index (κ3) is 2.61. The highest BCUT2D eigenvalue weighted by Crippen LogP contribution is 2.39. The van der Waals surface area contributed by atoms with Crippen LogP contribution in [0.15, 0.2) is 59.1 Å². The number of nitrogens with zero attached hydrogens (tertiary/aromatic N) is 2. The summed E-state index contributed by atoms with van der Waals surface area (Å²) >= 11 is 5.31. The largest absolute Gasteiger partial charge is 0.346 e. The highest BCUT2D eigenvalue weighted by atomic mass is 79.9. The normalized spacial score (nSPS) is 24.0. The number of hydrogen-bond acceptors (Lipinski definition) is 3. The van der Waals surface area contributed by atoms with E-state index in [-0.39, 0.29) is 0 Å². The minimum atomic E-state index is -1.03. The van der Waals surface area contributed by atoms with Crippen molar-refractivity contribution < 1.29 is 9.68 Å². The molecule has 4 rings (SSSR count). The number of para-hydroxylation sites is 1. The molecule has 3 nitrogen and oxygen atoms in total. The van der Waals surface area contributed by atoms with Gasteiger partial charge in [0.05, 0.1) is 6.54 Å². The van der Waals surface area contributed by atoms with Gasteiger partial charge in [0.15, 0.2) is 6.54 Å². The molecule has 0 saturated carbocycles. The van der Waals surface area contributed by atoms with Gasteiger partial charge < -0.3 is 5.11 Å². The van der Waals surface area contributed by atoms with Crippen LogP contribution in [0.2, 0.25) is 0 Å². The first-order valence-corrected chi connectivity index (χ1v) is 9.55. The van der Waals surface area contributed by atoms with E-state index in [2.05, 4.69) is 37.5 Å². The van der Waals surface area contributed by atoms with Crippen LogP contribution in [0.3, 0.4) is 0 Å². The smallest absolute Gasteiger partial charge is 0.316 e. The van der Waals surface area contributed by atoms with Crippen molar-refractivity contribution in [2.24, 2.45) is 0 Å². The quantitative estimate of drug-likeness (QED) is 0.794. The van der Waals surface area contributed by atoms with Crippen LogP contribution in [0.5, 0.6) is 0 Å². The summed E-state index contributed by atoms with van der Waals surface area (Å²) < 4.78 is 3.33. The third-order valence-electron chi connectivity index (χ3n) is 4.37. The lowest BCUT2D eigenvalue weighted by molar-refractivity contribution is -0.532. The molecule has 0 aliphatic carbocycles. The predicted octanol–water partition coefficient (Wildman–Crippen LogP) is 3.62. The van der Waals surface area contributed by atoms with E-state index in [4.69, 9.17) is 0 Å². The summed E-state index contributed by atoms with van der Waals surface area (Å²) in [6.07, 6.45) is 1.16. The van der Waals surface area contributed by atoms with Gasteiger partial charge in [-0.05, 0) is 42.4 Å². The Kier molecular flexibility index (Phi) is 3.95. The standard InChI is InChI=1S/C18H18BrN2OS/c19-15-9-7-14(8-10-15)18(22)13-20-11-4-12-23-17(20)21(18)16-5-2-1-3-6-16/h1-3,5-10,22H,4,11-13H2/q+1/t18-/m0/s1. The molecule has 2 aliphatic rings. The Morgan fingerprint density at radius 2 is 1.83 bits per heavy atom. The first-order chi connectivity index (χ1) is 11.2. The zero-order chi connectivity index (χ0) is 15.9. The molecule has 2 aliphatic heterocycles. The lowest BCUT2D eigenvalue weighted by atomic mass is 10.0. The number of rotatable bonds is 2. The Labute approximate surface area is 148 Å². The Balaban J connectivity index is 1.84. The van der Waals surface area contributed by atoms with E-state index in [9.17, 15) is 5.11 Å². The maximum atomic E-state index is 11.6. The molecule has 0 unspecified atom stereocenters. The molecule has 0 fully saturated rings. The van der Waals surface area contributed by atoms with Crippen molar-refractivity contribution in [2.45, 2.75) is 12.1 Å². The molecule has 0 radical (unpaired) electrons. The molecule has 0 aromatic heterocycles. The zero-order valence-corrected chi connectivity index (χ0v) is 15.1. The van der Waals surface area contributed by atoms with E-state index in [0.717, 1.165) is 39.6 Å². The summed E-state index contributed by atoms with van der Waals surface area (Å²) in [5.74, 6) is 1.10. The Hall–Kier alpha value is -1.30. The average molecular weight is 390 g/mol. The van der Waals surface area contributed by atoms with Gasteiger partial charge in [0.1, 0.15) is 5.69 Å². The Morgan fingerprint density at radius 1 is 1.09 bits per heavy atom. The van der Waals surface area contributed by atoms with E-state index in [1.165, 1.54) is 0 Å². The van der Waals surface area contributed by atoms with Gasteiger partial charge >= 0.3 is 5.17 Å². The molecular weight excluding hydrogens is 372 g/mol. The van der Waals surface area contributed by atoms with Crippen molar-refractivity contribution in [3.8, 4) is 0 Å². The number of aliphatic hydroxyl groups is 1. The molecule has 1 N–H and O–H groups in total. The van der Waals surface area contributed by atoms with Gasteiger partial charge in [-0.1, -0.05) is 46.3 Å². The van der Waals surface area contributed by atoms with Crippen molar-refractivity contribution in [2.75, 3.05) is 23.7 Å². The molecule has 0 bridgehead atoms. The van der Waals surface area contributed by atoms with Crippen LogP contribution >= 0.6 is 27.7 Å². The second-order valence-corrected chi connectivity index (χ2v) is 7.88. The first kappa shape index (κ1) is 15.2. The van der Waals surface area contributed by atoms with Crippen LogP contribution in [-0.2, 0) is 5.72 Å². The maximum absolute atomic E-state index is 11.6. The monoisotopic (exact) mass is 389 g/mol. The lowest BCUT2D eigenvalue weighted by Gasteiger charge is -2.28. The van der Waals surface area contributed by atoms with E-state index < -0.39 is 5.72 Å². The van der Waals surface area contributed by atoms with Crippen LogP contribution in [0.1, 0.15) is 12.0 Å². The molecule has 0 spiro atoms. The van der Waals surface area contributed by atoms with Crippen LogP contribution in [0.4, 0.5) is 5.69 Å². The molecule has 0 saturated heterocycles. The average Bonchev–Trinajstić information content (AvgIpc) is 2.89. The zero-order valence-electron chi connectivity index (χ0n) is 12.7. The highest BCUT2D eigenvalue weighted by Gasteiger charge is 2.55. The van der Waals surface area contributed by atoms with Crippen molar-refractivity contribution in [3.63, 3.8) is 0 Å². The van der Waals surface area contributed by atoms with E-state index >= 15 is 0 Å². The number of hydrogen-bond donors (Lipinski definition) is 1. The van der Waals surface area contributed by atoms with Gasteiger partial charge in [-0.25, -0.2) is 4.58 Å². The van der Waals surface area contributed by atoms with Crippen molar-refractivity contribution in [1.29, 1.82) is 0 Å². The molecule has 2 heterocycles. The maximum Gasteiger partial charge on any atom is 0.316 e. The Morgan fingerprint density at radius 3 is 2.57 bits per heavy atom. The molecule has 23 heavy (non-hydrogen) atoms. The minimum absolute atomic E-state index is 0.603.